The molecule has 1 aromatic heterocycles. The van der Waals surface area contributed by atoms with Gasteiger partial charge in [0.1, 0.15) is 11.4 Å². The van der Waals surface area contributed by atoms with Gasteiger partial charge < -0.3 is 14.8 Å². The van der Waals surface area contributed by atoms with Gasteiger partial charge in [-0.3, -0.25) is 4.90 Å². The summed E-state index contributed by atoms with van der Waals surface area (Å²) in [6, 6.07) is 3.49. The number of carboxylic acids is 1. The van der Waals surface area contributed by atoms with Gasteiger partial charge in [-0.05, 0) is 58.7 Å². The summed E-state index contributed by atoms with van der Waals surface area (Å²) >= 11 is 0. The molecule has 2 N–H and O–H groups in total. The van der Waals surface area contributed by atoms with Gasteiger partial charge in [-0.1, -0.05) is 6.07 Å². The van der Waals surface area contributed by atoms with E-state index in [-0.39, 0.29) is 17.7 Å². The highest BCUT2D eigenvalue weighted by atomic mass is 16.6. The molecule has 7 heteroatoms. The van der Waals surface area contributed by atoms with Crippen molar-refractivity contribution in [3.63, 3.8) is 0 Å². The minimum atomic E-state index is -0.959. The van der Waals surface area contributed by atoms with Crippen LogP contribution in [0.15, 0.2) is 12.1 Å². The number of aromatic amines is 1. The first-order chi connectivity index (χ1) is 13.0. The summed E-state index contributed by atoms with van der Waals surface area (Å²) in [5.41, 5.74) is 3.89. The van der Waals surface area contributed by atoms with E-state index < -0.39 is 11.6 Å². The number of carboxylic acid groups (broad SMARTS) is 1. The Labute approximate surface area is 164 Å². The van der Waals surface area contributed by atoms with Gasteiger partial charge in [-0.15, -0.1) is 0 Å². The fraction of sp³-hybridized carbons (Fsp3) is 0.476. The van der Waals surface area contributed by atoms with Crippen LogP contribution in [0.25, 0.3) is 11.4 Å². The number of carbonyl (C=O) groups excluding carboxylic acids is 1. The Hall–Kier alpha value is -2.83. The van der Waals surface area contributed by atoms with Gasteiger partial charge in [0.2, 0.25) is 0 Å². The Balaban J connectivity index is 1.93. The minimum absolute atomic E-state index is 0.0238. The summed E-state index contributed by atoms with van der Waals surface area (Å²) in [6.45, 7) is 11.6. The van der Waals surface area contributed by atoms with E-state index in [9.17, 15) is 14.7 Å². The molecule has 1 aliphatic rings. The fourth-order valence-corrected chi connectivity index (χ4v) is 3.50. The van der Waals surface area contributed by atoms with Crippen LogP contribution in [0, 0.1) is 13.8 Å². The number of aryl methyl sites for hydroxylation is 2. The number of carbonyl (C=O) groups is 2. The van der Waals surface area contributed by atoms with E-state index in [0.29, 0.717) is 18.8 Å². The lowest BCUT2D eigenvalue weighted by molar-refractivity contribution is 0.0134. The fourth-order valence-electron chi connectivity index (χ4n) is 3.50. The van der Waals surface area contributed by atoms with Gasteiger partial charge in [0.05, 0.1) is 17.8 Å². The molecule has 0 saturated carbocycles. The number of amides is 1. The number of rotatable bonds is 2. The zero-order valence-electron chi connectivity index (χ0n) is 17.2. The summed E-state index contributed by atoms with van der Waals surface area (Å²) in [5.74, 6) is -0.331. The predicted molar refractivity (Wildman–Crippen MR) is 105 cm³/mol. The van der Waals surface area contributed by atoms with Crippen LogP contribution in [0.1, 0.15) is 60.6 Å². The molecule has 2 heterocycles. The third-order valence-corrected chi connectivity index (χ3v) is 4.90. The zero-order valence-corrected chi connectivity index (χ0v) is 17.2. The second-order valence-electron chi connectivity index (χ2n) is 8.46. The first-order valence-electron chi connectivity index (χ1n) is 9.38. The second kappa shape index (κ2) is 6.96. The number of H-pyrrole nitrogens is 1. The third-order valence-electron chi connectivity index (χ3n) is 4.90. The topological polar surface area (TPSA) is 95.5 Å². The number of fused-ring (bicyclic) bond motifs is 1. The molecule has 1 amide bonds. The number of hydrogen-bond donors (Lipinski definition) is 2. The van der Waals surface area contributed by atoms with Crippen molar-refractivity contribution in [1.82, 2.24) is 14.9 Å². The third kappa shape index (κ3) is 3.88. The van der Waals surface area contributed by atoms with Crippen molar-refractivity contribution in [3.8, 4) is 11.4 Å². The second-order valence-corrected chi connectivity index (χ2v) is 8.46. The van der Waals surface area contributed by atoms with Crippen LogP contribution in [-0.2, 0) is 17.7 Å². The average molecular weight is 385 g/mol. The van der Waals surface area contributed by atoms with E-state index in [1.807, 2.05) is 40.7 Å². The standard InChI is InChI=1S/C21H27N3O4/c1-11-7-12(2)15(19(25)26)9-14(11)18-22-16-8-13(3)24(10-17(16)23-18)20(27)28-21(4,5)6/h7,9,13H,8,10H2,1-6H3,(H,22,23)(H,25,26). The van der Waals surface area contributed by atoms with Crippen molar-refractivity contribution in [1.29, 1.82) is 0 Å². The number of nitrogens with zero attached hydrogens (tertiary/aromatic N) is 2. The molecule has 0 bridgehead atoms. The lowest BCUT2D eigenvalue weighted by Crippen LogP contribution is -2.45. The number of imidazole rings is 1. The van der Waals surface area contributed by atoms with Crippen LogP contribution in [0.2, 0.25) is 0 Å². The van der Waals surface area contributed by atoms with Crippen molar-refractivity contribution < 1.29 is 19.4 Å². The van der Waals surface area contributed by atoms with Crippen LogP contribution < -0.4 is 0 Å². The lowest BCUT2D eigenvalue weighted by atomic mass is 9.99. The first-order valence-corrected chi connectivity index (χ1v) is 9.38. The Morgan fingerprint density at radius 3 is 2.54 bits per heavy atom. The van der Waals surface area contributed by atoms with E-state index in [1.165, 1.54) is 0 Å². The van der Waals surface area contributed by atoms with Gasteiger partial charge in [0, 0.05) is 23.7 Å². The molecule has 2 aromatic rings. The molecule has 1 aromatic carbocycles. The molecule has 150 valence electrons. The number of aromatic carboxylic acids is 1. The van der Waals surface area contributed by atoms with Crippen LogP contribution >= 0.6 is 0 Å². The summed E-state index contributed by atoms with van der Waals surface area (Å²) in [6.07, 6.45) is 0.285. The Bertz CT molecular complexity index is 940. The Morgan fingerprint density at radius 1 is 1.25 bits per heavy atom. The minimum Gasteiger partial charge on any atom is -0.478 e. The smallest absolute Gasteiger partial charge is 0.410 e. The monoisotopic (exact) mass is 385 g/mol. The Morgan fingerprint density at radius 2 is 1.93 bits per heavy atom. The lowest BCUT2D eigenvalue weighted by Gasteiger charge is -2.34. The van der Waals surface area contributed by atoms with Gasteiger partial charge in [0.15, 0.2) is 0 Å². The zero-order chi connectivity index (χ0) is 20.8. The molecule has 0 saturated heterocycles. The summed E-state index contributed by atoms with van der Waals surface area (Å²) in [7, 11) is 0. The molecule has 1 atom stereocenters. The predicted octanol–water partition coefficient (Wildman–Crippen LogP) is 4.07. The van der Waals surface area contributed by atoms with E-state index in [1.54, 1.807) is 17.9 Å². The van der Waals surface area contributed by atoms with Crippen LogP contribution in [-0.4, -0.2) is 43.7 Å². The summed E-state index contributed by atoms with van der Waals surface area (Å²) < 4.78 is 5.51. The highest BCUT2D eigenvalue weighted by Gasteiger charge is 2.32. The molecule has 0 spiro atoms. The van der Waals surface area contributed by atoms with Gasteiger partial charge in [-0.2, -0.15) is 0 Å². The van der Waals surface area contributed by atoms with Crippen LogP contribution in [0.5, 0.6) is 0 Å². The number of aromatic nitrogens is 2. The molecule has 0 radical (unpaired) electrons. The maximum Gasteiger partial charge on any atom is 0.410 e. The average Bonchev–Trinajstić information content (AvgIpc) is 2.94. The van der Waals surface area contributed by atoms with E-state index >= 15 is 0 Å². The number of hydrogen-bond acceptors (Lipinski definition) is 4. The van der Waals surface area contributed by atoms with Crippen LogP contribution in [0.4, 0.5) is 4.79 Å². The van der Waals surface area contributed by atoms with Crippen molar-refractivity contribution in [3.05, 3.63) is 40.2 Å². The van der Waals surface area contributed by atoms with Crippen molar-refractivity contribution in [2.75, 3.05) is 0 Å². The van der Waals surface area contributed by atoms with E-state index in [0.717, 1.165) is 28.1 Å². The van der Waals surface area contributed by atoms with Crippen molar-refractivity contribution in [2.24, 2.45) is 0 Å². The molecule has 1 unspecified atom stereocenters. The van der Waals surface area contributed by atoms with Crippen molar-refractivity contribution in [2.45, 2.75) is 66.2 Å². The molecule has 7 nitrogen and oxygen atoms in total. The van der Waals surface area contributed by atoms with Gasteiger partial charge in [-0.25, -0.2) is 14.6 Å². The molecular weight excluding hydrogens is 358 g/mol. The van der Waals surface area contributed by atoms with Gasteiger partial charge >= 0.3 is 12.1 Å². The molecule has 0 aliphatic carbocycles. The maximum atomic E-state index is 12.5. The molecule has 0 fully saturated rings. The quantitative estimate of drug-likeness (QED) is 0.812. The highest BCUT2D eigenvalue weighted by molar-refractivity contribution is 5.91. The van der Waals surface area contributed by atoms with Crippen LogP contribution in [0.3, 0.4) is 0 Å². The summed E-state index contributed by atoms with van der Waals surface area (Å²) in [4.78, 5) is 33.7. The SMILES string of the molecule is Cc1cc(C)c(-c2nc3c([nH]2)CC(C)N(C(=O)OC(C)(C)C)C3)cc1C(=O)O. The van der Waals surface area contributed by atoms with E-state index in [2.05, 4.69) is 9.97 Å². The first kappa shape index (κ1) is 19.9. The molecular formula is C21H27N3O4. The van der Waals surface area contributed by atoms with E-state index in [4.69, 9.17) is 4.74 Å². The largest absolute Gasteiger partial charge is 0.478 e. The Kier molecular flexibility index (Phi) is 4.95. The molecule has 3 rings (SSSR count). The number of benzene rings is 1. The van der Waals surface area contributed by atoms with Gasteiger partial charge in [0.25, 0.3) is 0 Å². The highest BCUT2D eigenvalue weighted by Crippen LogP contribution is 2.29. The number of nitrogens with one attached hydrogen (secondary N) is 1. The molecule has 1 aliphatic heterocycles. The molecule has 28 heavy (non-hydrogen) atoms. The number of ether oxygens (including phenoxy) is 1. The van der Waals surface area contributed by atoms with Crippen molar-refractivity contribution >= 4 is 12.1 Å². The summed E-state index contributed by atoms with van der Waals surface area (Å²) in [5, 5.41) is 9.42. The maximum absolute atomic E-state index is 12.5. The normalized spacial score (nSPS) is 16.6.